The van der Waals surface area contributed by atoms with Gasteiger partial charge >= 0.3 is 6.18 Å². The van der Waals surface area contributed by atoms with Crippen molar-refractivity contribution >= 4 is 5.83 Å². The highest BCUT2D eigenvalue weighted by atomic mass is 19.4. The number of hydrogen-bond acceptors (Lipinski definition) is 2. The molecule has 214 valence electrons. The number of allylic oxidation sites excluding steroid dienone is 1. The summed E-state index contributed by atoms with van der Waals surface area (Å²) in [7, 11) is 0. The largest absolute Gasteiger partial charge is 0.412 e. The molecule has 1 saturated carbocycles. The Labute approximate surface area is 224 Å². The number of unbranched alkanes of at least 4 members (excludes halogenated alkanes) is 2. The minimum Gasteiger partial charge on any atom is -0.348 e. The molecular weight excluding hydrogens is 525 g/mol. The Morgan fingerprint density at radius 2 is 1.51 bits per heavy atom. The highest BCUT2D eigenvalue weighted by Gasteiger charge is 2.33. The summed E-state index contributed by atoms with van der Waals surface area (Å²) in [5, 5.41) is 0. The molecule has 2 nitrogen and oxygen atoms in total. The Balaban J connectivity index is 1.37. The van der Waals surface area contributed by atoms with E-state index in [1.165, 1.54) is 50.7 Å². The number of rotatable bonds is 8. The molecule has 0 atom stereocenters. The average Bonchev–Trinajstić information content (AvgIpc) is 2.88. The third-order valence-electron chi connectivity index (χ3n) is 7.84. The molecule has 0 bridgehead atoms. The van der Waals surface area contributed by atoms with Gasteiger partial charge in [-0.2, -0.15) is 13.2 Å². The number of hydrogen-bond donors (Lipinski definition) is 0. The molecule has 0 amide bonds. The average molecular weight is 559 g/mol. The van der Waals surface area contributed by atoms with Crippen LogP contribution >= 0.6 is 0 Å². The maximum absolute atomic E-state index is 15.0. The van der Waals surface area contributed by atoms with Crippen LogP contribution in [0.2, 0.25) is 0 Å². The van der Waals surface area contributed by atoms with Gasteiger partial charge in [-0.3, -0.25) is 0 Å². The van der Waals surface area contributed by atoms with Crippen LogP contribution in [0.4, 0.5) is 30.7 Å². The first-order valence-corrected chi connectivity index (χ1v) is 13.5. The predicted octanol–water partition coefficient (Wildman–Crippen LogP) is 9.69. The Hall–Kier alpha value is -2.39. The van der Waals surface area contributed by atoms with Gasteiger partial charge in [-0.15, -0.1) is 0 Å². The molecular formula is C30H33F7O2. The molecule has 2 aromatic carbocycles. The lowest BCUT2D eigenvalue weighted by atomic mass is 9.74. The fourth-order valence-electron chi connectivity index (χ4n) is 5.70. The first kappa shape index (κ1) is 29.6. The van der Waals surface area contributed by atoms with Gasteiger partial charge in [-0.1, -0.05) is 57.6 Å². The summed E-state index contributed by atoms with van der Waals surface area (Å²) in [6, 6.07) is 5.10. The smallest absolute Gasteiger partial charge is 0.348 e. The number of halogens is 7. The minimum absolute atomic E-state index is 0.201. The van der Waals surface area contributed by atoms with E-state index in [-0.39, 0.29) is 17.0 Å². The van der Waals surface area contributed by atoms with Crippen LogP contribution in [0.5, 0.6) is 0 Å². The van der Waals surface area contributed by atoms with Gasteiger partial charge in [0, 0.05) is 17.0 Å². The molecule has 0 radical (unpaired) electrons. The standard InChI is InChI=1S/C30H33F7O2/c1-2-3-4-5-18-6-8-19(9-7-18)22-16-38-29(39-17-22)20-10-11-23(24(31)12-20)21-13-25(32)28(26(33)14-21)27(34)15-30(35,36)37/h10-15,18-19,22,29H,2-9,16-17H2,1H3. The van der Waals surface area contributed by atoms with E-state index in [1.807, 2.05) is 0 Å². The predicted molar refractivity (Wildman–Crippen MR) is 135 cm³/mol. The fraction of sp³-hybridized carbons (Fsp3) is 0.533. The van der Waals surface area contributed by atoms with Crippen LogP contribution in [0.1, 0.15) is 75.7 Å². The van der Waals surface area contributed by atoms with Crippen molar-refractivity contribution in [3.63, 3.8) is 0 Å². The maximum Gasteiger partial charge on any atom is 0.412 e. The summed E-state index contributed by atoms with van der Waals surface area (Å²) < 4.78 is 106. The van der Waals surface area contributed by atoms with Gasteiger partial charge in [-0.25, -0.2) is 17.6 Å². The molecule has 1 heterocycles. The topological polar surface area (TPSA) is 18.5 Å². The van der Waals surface area contributed by atoms with E-state index in [9.17, 15) is 30.7 Å². The first-order valence-electron chi connectivity index (χ1n) is 13.5. The second kappa shape index (κ2) is 12.9. The van der Waals surface area contributed by atoms with Crippen molar-refractivity contribution in [3.05, 3.63) is 65.0 Å². The summed E-state index contributed by atoms with van der Waals surface area (Å²) in [6.07, 6.45) is 3.18. The monoisotopic (exact) mass is 558 g/mol. The Morgan fingerprint density at radius 3 is 2.08 bits per heavy atom. The van der Waals surface area contributed by atoms with Crippen LogP contribution in [0.15, 0.2) is 36.4 Å². The summed E-state index contributed by atoms with van der Waals surface area (Å²) in [5.41, 5.74) is -1.55. The van der Waals surface area contributed by atoms with Gasteiger partial charge in [0.25, 0.3) is 0 Å². The quantitative estimate of drug-likeness (QED) is 0.237. The van der Waals surface area contributed by atoms with E-state index in [0.717, 1.165) is 24.8 Å². The third kappa shape index (κ3) is 7.63. The summed E-state index contributed by atoms with van der Waals surface area (Å²) in [5.74, 6) is -4.47. The molecule has 1 aliphatic carbocycles. The van der Waals surface area contributed by atoms with E-state index in [1.54, 1.807) is 0 Å². The number of alkyl halides is 3. The van der Waals surface area contributed by atoms with Crippen LogP contribution < -0.4 is 0 Å². The van der Waals surface area contributed by atoms with Crippen molar-refractivity contribution in [3.8, 4) is 11.1 Å². The number of ether oxygens (including phenoxy) is 2. The van der Waals surface area contributed by atoms with Gasteiger partial charge in [0.05, 0.1) is 24.9 Å². The highest BCUT2D eigenvalue weighted by Crippen LogP contribution is 2.39. The Bertz CT molecular complexity index is 1120. The lowest BCUT2D eigenvalue weighted by molar-refractivity contribution is -0.214. The van der Waals surface area contributed by atoms with E-state index >= 15 is 0 Å². The molecule has 0 unspecified atom stereocenters. The van der Waals surface area contributed by atoms with Gasteiger partial charge < -0.3 is 9.47 Å². The second-order valence-corrected chi connectivity index (χ2v) is 10.6. The minimum atomic E-state index is -5.10. The summed E-state index contributed by atoms with van der Waals surface area (Å²) in [6.45, 7) is 3.20. The Morgan fingerprint density at radius 1 is 0.872 bits per heavy atom. The first-order chi connectivity index (χ1) is 18.6. The normalized spacial score (nSPS) is 24.7. The zero-order valence-corrected chi connectivity index (χ0v) is 21.8. The van der Waals surface area contributed by atoms with Gasteiger partial charge in [0.15, 0.2) is 6.29 Å². The molecule has 0 N–H and O–H groups in total. The molecule has 39 heavy (non-hydrogen) atoms. The zero-order valence-electron chi connectivity index (χ0n) is 21.8. The van der Waals surface area contributed by atoms with Crippen LogP contribution in [0, 0.1) is 35.2 Å². The van der Waals surface area contributed by atoms with E-state index in [0.29, 0.717) is 36.8 Å². The third-order valence-corrected chi connectivity index (χ3v) is 7.84. The molecule has 4 rings (SSSR count). The van der Waals surface area contributed by atoms with Crippen LogP contribution in [0.3, 0.4) is 0 Å². The SMILES string of the molecule is CCCCCC1CCC(C2COC(c3ccc(-c4cc(F)c(C(F)=CC(F)(F)F)c(F)c4)c(F)c3)OC2)CC1. The molecule has 0 spiro atoms. The maximum atomic E-state index is 15.0. The molecule has 0 aromatic heterocycles. The van der Waals surface area contributed by atoms with Crippen LogP contribution in [0.25, 0.3) is 17.0 Å². The number of benzene rings is 2. The molecule has 1 aliphatic heterocycles. The molecule has 2 aromatic rings. The van der Waals surface area contributed by atoms with E-state index < -0.39 is 47.4 Å². The van der Waals surface area contributed by atoms with E-state index in [4.69, 9.17) is 9.47 Å². The highest BCUT2D eigenvalue weighted by molar-refractivity contribution is 5.69. The van der Waals surface area contributed by atoms with Crippen molar-refractivity contribution in [2.45, 2.75) is 70.8 Å². The molecule has 2 aliphatic rings. The second-order valence-electron chi connectivity index (χ2n) is 10.6. The van der Waals surface area contributed by atoms with Crippen LogP contribution in [-0.4, -0.2) is 19.4 Å². The van der Waals surface area contributed by atoms with Crippen LogP contribution in [-0.2, 0) is 9.47 Å². The fourth-order valence-corrected chi connectivity index (χ4v) is 5.70. The zero-order chi connectivity index (χ0) is 28.2. The van der Waals surface area contributed by atoms with Crippen molar-refractivity contribution in [2.24, 2.45) is 17.8 Å². The van der Waals surface area contributed by atoms with Gasteiger partial charge in [0.2, 0.25) is 0 Å². The van der Waals surface area contributed by atoms with Crippen molar-refractivity contribution in [2.75, 3.05) is 13.2 Å². The molecule has 1 saturated heterocycles. The summed E-state index contributed by atoms with van der Waals surface area (Å²) >= 11 is 0. The van der Waals surface area contributed by atoms with E-state index in [2.05, 4.69) is 6.92 Å². The lowest BCUT2D eigenvalue weighted by Crippen LogP contribution is -2.34. The molecule has 2 fully saturated rings. The van der Waals surface area contributed by atoms with Gasteiger partial charge in [0.1, 0.15) is 23.3 Å². The molecule has 9 heteroatoms. The Kier molecular flexibility index (Phi) is 9.75. The van der Waals surface area contributed by atoms with Crippen molar-refractivity contribution < 1.29 is 40.2 Å². The summed E-state index contributed by atoms with van der Waals surface area (Å²) in [4.78, 5) is 0. The van der Waals surface area contributed by atoms with Crippen molar-refractivity contribution in [1.29, 1.82) is 0 Å². The van der Waals surface area contributed by atoms with Crippen molar-refractivity contribution in [1.82, 2.24) is 0 Å². The van der Waals surface area contributed by atoms with Gasteiger partial charge in [-0.05, 0) is 48.4 Å². The lowest BCUT2D eigenvalue weighted by Gasteiger charge is -2.38.